The number of nitrogens with zero attached hydrogens (tertiary/aromatic N) is 4. The molecule has 0 unspecified atom stereocenters. The van der Waals surface area contributed by atoms with Gasteiger partial charge in [-0.05, 0) is 31.3 Å². The third-order valence-electron chi connectivity index (χ3n) is 3.42. The molecule has 0 aliphatic heterocycles. The van der Waals surface area contributed by atoms with Crippen molar-refractivity contribution in [2.24, 2.45) is 7.05 Å². The zero-order chi connectivity index (χ0) is 16.3. The molecule has 1 aromatic heterocycles. The summed E-state index contributed by atoms with van der Waals surface area (Å²) in [6.45, 7) is 2.64. The minimum Gasteiger partial charge on any atom is -0.348 e. The van der Waals surface area contributed by atoms with Crippen LogP contribution in [0.1, 0.15) is 11.3 Å². The van der Waals surface area contributed by atoms with Crippen LogP contribution in [0.3, 0.4) is 0 Å². The van der Waals surface area contributed by atoms with Gasteiger partial charge in [0.1, 0.15) is 0 Å². The zero-order valence-electron chi connectivity index (χ0n) is 12.6. The molecule has 8 heteroatoms. The van der Waals surface area contributed by atoms with Crippen LogP contribution in [0.15, 0.2) is 30.5 Å². The Morgan fingerprint density at radius 2 is 2.09 bits per heavy atom. The average molecular weight is 319 g/mol. The van der Waals surface area contributed by atoms with Crippen LogP contribution < -0.4 is 5.32 Å². The Hall–Kier alpha value is -2.48. The summed E-state index contributed by atoms with van der Waals surface area (Å²) in [7, 11) is 3.78. The highest BCUT2D eigenvalue weighted by molar-refractivity contribution is 7.80. The topological polar surface area (TPSA) is 76.2 Å². The second-order valence-electron chi connectivity index (χ2n) is 4.97. The van der Waals surface area contributed by atoms with E-state index in [9.17, 15) is 10.1 Å². The fourth-order valence-corrected chi connectivity index (χ4v) is 2.09. The van der Waals surface area contributed by atoms with Gasteiger partial charge in [0, 0.05) is 49.7 Å². The minimum absolute atomic E-state index is 0.0517. The molecule has 7 nitrogen and oxygen atoms in total. The van der Waals surface area contributed by atoms with Crippen LogP contribution in [0.2, 0.25) is 0 Å². The maximum absolute atomic E-state index is 10.6. The summed E-state index contributed by atoms with van der Waals surface area (Å²) in [5.74, 6) is 0. The van der Waals surface area contributed by atoms with E-state index in [1.54, 1.807) is 12.1 Å². The van der Waals surface area contributed by atoms with E-state index >= 15 is 0 Å². The highest BCUT2D eigenvalue weighted by atomic mass is 32.1. The molecule has 22 heavy (non-hydrogen) atoms. The summed E-state index contributed by atoms with van der Waals surface area (Å²) < 4.78 is 1.82. The molecule has 0 bridgehead atoms. The normalized spacial score (nSPS) is 10.3. The highest BCUT2D eigenvalue weighted by Crippen LogP contribution is 2.16. The van der Waals surface area contributed by atoms with Gasteiger partial charge in [0.05, 0.1) is 11.1 Å². The van der Waals surface area contributed by atoms with Crippen LogP contribution in [-0.2, 0) is 13.6 Å². The first-order valence-electron chi connectivity index (χ1n) is 6.62. The first-order chi connectivity index (χ1) is 10.4. The third-order valence-corrected chi connectivity index (χ3v) is 3.83. The number of aromatic nitrogens is 2. The molecule has 0 amide bonds. The summed E-state index contributed by atoms with van der Waals surface area (Å²) >= 11 is 5.35. The summed E-state index contributed by atoms with van der Waals surface area (Å²) in [6.07, 6.45) is 1.82. The van der Waals surface area contributed by atoms with Gasteiger partial charge >= 0.3 is 0 Å². The number of hydrogen-bond donors (Lipinski definition) is 1. The summed E-state index contributed by atoms with van der Waals surface area (Å²) in [5, 5.41) is 18.4. The lowest BCUT2D eigenvalue weighted by atomic mass is 10.2. The smallest absolute Gasteiger partial charge is 0.269 e. The molecule has 1 aromatic carbocycles. The van der Waals surface area contributed by atoms with E-state index in [0.29, 0.717) is 17.3 Å². The number of nitro groups is 1. The fraction of sp³-hybridized carbons (Fsp3) is 0.286. The van der Waals surface area contributed by atoms with Crippen molar-refractivity contribution in [2.45, 2.75) is 13.5 Å². The van der Waals surface area contributed by atoms with E-state index < -0.39 is 4.92 Å². The average Bonchev–Trinajstić information content (AvgIpc) is 2.79. The van der Waals surface area contributed by atoms with E-state index in [2.05, 4.69) is 10.4 Å². The molecule has 0 saturated carbocycles. The van der Waals surface area contributed by atoms with Gasteiger partial charge in [-0.25, -0.2) is 0 Å². The van der Waals surface area contributed by atoms with Crippen LogP contribution in [0.5, 0.6) is 0 Å². The predicted molar refractivity (Wildman–Crippen MR) is 88.7 cm³/mol. The SMILES string of the molecule is Cc1c(CN(C)C(=S)Nc2ccc([N+](=O)[O-])cc2)cnn1C. The molecule has 2 rings (SSSR count). The quantitative estimate of drug-likeness (QED) is 0.530. The Morgan fingerprint density at radius 1 is 1.45 bits per heavy atom. The van der Waals surface area contributed by atoms with Crippen LogP contribution in [-0.4, -0.2) is 31.8 Å². The van der Waals surface area contributed by atoms with Crippen molar-refractivity contribution in [1.82, 2.24) is 14.7 Å². The Bertz CT molecular complexity index is 696. The van der Waals surface area contributed by atoms with E-state index in [1.807, 2.05) is 36.8 Å². The lowest BCUT2D eigenvalue weighted by molar-refractivity contribution is -0.384. The van der Waals surface area contributed by atoms with Gasteiger partial charge in [-0.15, -0.1) is 0 Å². The molecule has 1 N–H and O–H groups in total. The molecule has 116 valence electrons. The van der Waals surface area contributed by atoms with Crippen molar-refractivity contribution in [3.8, 4) is 0 Å². The standard InChI is InChI=1S/C14H17N5O2S/c1-10-11(8-15-18(10)3)9-17(2)14(22)16-12-4-6-13(7-5-12)19(20)21/h4-8H,9H2,1-3H3,(H,16,22). The second kappa shape index (κ2) is 6.52. The van der Waals surface area contributed by atoms with Gasteiger partial charge in [0.2, 0.25) is 0 Å². The second-order valence-corrected chi connectivity index (χ2v) is 5.36. The Labute approximate surface area is 133 Å². The number of aryl methyl sites for hydroxylation is 1. The predicted octanol–water partition coefficient (Wildman–Crippen LogP) is 2.47. The lowest BCUT2D eigenvalue weighted by Gasteiger charge is -2.20. The number of thiocarbonyl (C=S) groups is 1. The lowest BCUT2D eigenvalue weighted by Crippen LogP contribution is -2.30. The molecule has 0 saturated heterocycles. The first kappa shape index (κ1) is 15.9. The maximum Gasteiger partial charge on any atom is 0.269 e. The molecular formula is C14H17N5O2S. The molecule has 0 spiro atoms. The third kappa shape index (κ3) is 3.59. The molecule has 2 aromatic rings. The van der Waals surface area contributed by atoms with Gasteiger partial charge in [0.25, 0.3) is 5.69 Å². The number of nitro benzene ring substituents is 1. The van der Waals surface area contributed by atoms with Crippen molar-refractivity contribution in [2.75, 3.05) is 12.4 Å². The van der Waals surface area contributed by atoms with E-state index in [-0.39, 0.29) is 5.69 Å². The van der Waals surface area contributed by atoms with Crippen LogP contribution >= 0.6 is 12.2 Å². The van der Waals surface area contributed by atoms with Crippen molar-refractivity contribution < 1.29 is 4.92 Å². The summed E-state index contributed by atoms with van der Waals surface area (Å²) in [4.78, 5) is 12.1. The van der Waals surface area contributed by atoms with Gasteiger partial charge < -0.3 is 10.2 Å². The molecular weight excluding hydrogens is 302 g/mol. The summed E-state index contributed by atoms with van der Waals surface area (Å²) in [5.41, 5.74) is 2.95. The number of non-ortho nitro benzene ring substituents is 1. The minimum atomic E-state index is -0.431. The molecule has 0 fully saturated rings. The van der Waals surface area contributed by atoms with Gasteiger partial charge in [-0.3, -0.25) is 14.8 Å². The van der Waals surface area contributed by atoms with Crippen molar-refractivity contribution >= 4 is 28.7 Å². The van der Waals surface area contributed by atoms with Gasteiger partial charge in [-0.1, -0.05) is 0 Å². The molecule has 0 atom stereocenters. The first-order valence-corrected chi connectivity index (χ1v) is 7.03. The zero-order valence-corrected chi connectivity index (χ0v) is 13.4. The van der Waals surface area contributed by atoms with Crippen molar-refractivity contribution in [3.05, 3.63) is 51.8 Å². The number of hydrogen-bond acceptors (Lipinski definition) is 4. The van der Waals surface area contributed by atoms with Crippen LogP contribution in [0, 0.1) is 17.0 Å². The number of anilines is 1. The van der Waals surface area contributed by atoms with E-state index in [4.69, 9.17) is 12.2 Å². The Kier molecular flexibility index (Phi) is 4.71. The Morgan fingerprint density at radius 3 is 2.59 bits per heavy atom. The largest absolute Gasteiger partial charge is 0.348 e. The molecule has 1 heterocycles. The van der Waals surface area contributed by atoms with Crippen LogP contribution in [0.25, 0.3) is 0 Å². The Balaban J connectivity index is 1.99. The van der Waals surface area contributed by atoms with Gasteiger partial charge in [0.15, 0.2) is 5.11 Å². The summed E-state index contributed by atoms with van der Waals surface area (Å²) in [6, 6.07) is 6.15. The molecule has 0 aliphatic carbocycles. The highest BCUT2D eigenvalue weighted by Gasteiger charge is 2.11. The maximum atomic E-state index is 10.6. The number of rotatable bonds is 4. The number of benzene rings is 1. The van der Waals surface area contributed by atoms with Crippen molar-refractivity contribution in [3.63, 3.8) is 0 Å². The van der Waals surface area contributed by atoms with E-state index in [0.717, 1.165) is 11.3 Å². The van der Waals surface area contributed by atoms with Gasteiger partial charge in [-0.2, -0.15) is 5.10 Å². The van der Waals surface area contributed by atoms with Crippen molar-refractivity contribution in [1.29, 1.82) is 0 Å². The molecule has 0 aliphatic rings. The number of nitrogens with one attached hydrogen (secondary N) is 1. The molecule has 0 radical (unpaired) electrons. The monoisotopic (exact) mass is 319 g/mol. The van der Waals surface area contributed by atoms with E-state index in [1.165, 1.54) is 12.1 Å². The fourth-order valence-electron chi connectivity index (χ4n) is 1.91. The van der Waals surface area contributed by atoms with Crippen LogP contribution in [0.4, 0.5) is 11.4 Å².